The Labute approximate surface area is 202 Å². The Balaban J connectivity index is 1.30. The summed E-state index contributed by atoms with van der Waals surface area (Å²) in [6, 6.07) is 10.8. The highest BCUT2D eigenvalue weighted by molar-refractivity contribution is 5.84. The molecular weight excluding hydrogens is 403 g/mol. The number of hydrogen-bond acceptors (Lipinski definition) is 0. The SMILES string of the molecule is C/C=C/CCC1CCC(C2CCC(c3ccc4c(F)c(CCCCC)ccc4c3)CC2)CC1. The number of halogens is 1. The molecule has 0 nitrogen and oxygen atoms in total. The van der Waals surface area contributed by atoms with Crippen LogP contribution in [0.1, 0.15) is 114 Å². The van der Waals surface area contributed by atoms with Gasteiger partial charge >= 0.3 is 0 Å². The van der Waals surface area contributed by atoms with Crippen molar-refractivity contribution in [1.82, 2.24) is 0 Å². The van der Waals surface area contributed by atoms with E-state index < -0.39 is 0 Å². The molecule has 0 N–H and O–H groups in total. The van der Waals surface area contributed by atoms with E-state index in [1.165, 1.54) is 82.6 Å². The molecule has 0 heterocycles. The summed E-state index contributed by atoms with van der Waals surface area (Å²) in [5.41, 5.74) is 2.33. The predicted molar refractivity (Wildman–Crippen MR) is 141 cm³/mol. The number of rotatable bonds is 9. The van der Waals surface area contributed by atoms with Gasteiger partial charge in [0.25, 0.3) is 0 Å². The molecule has 2 fully saturated rings. The standard InChI is InChI=1S/C32H45F/c1-3-5-7-9-24-11-13-25(14-12-24)26-15-17-27(18-16-26)29-21-22-31-30(23-29)20-19-28(32(31)33)10-8-6-4-2/h3,5,19-27H,4,6-18H2,1-2H3/b5-3+. The van der Waals surface area contributed by atoms with Crippen LogP contribution in [-0.2, 0) is 6.42 Å². The Morgan fingerprint density at radius 1 is 0.879 bits per heavy atom. The zero-order valence-electron chi connectivity index (χ0n) is 21.1. The lowest BCUT2D eigenvalue weighted by atomic mass is 9.68. The molecule has 2 saturated carbocycles. The van der Waals surface area contributed by atoms with E-state index in [0.717, 1.165) is 46.9 Å². The van der Waals surface area contributed by atoms with Crippen LogP contribution in [0.3, 0.4) is 0 Å². The molecule has 0 aromatic heterocycles. The summed E-state index contributed by atoms with van der Waals surface area (Å²) in [6.07, 6.45) is 22.7. The van der Waals surface area contributed by atoms with Crippen molar-refractivity contribution in [3.8, 4) is 0 Å². The topological polar surface area (TPSA) is 0 Å². The van der Waals surface area contributed by atoms with E-state index in [0.29, 0.717) is 5.92 Å². The van der Waals surface area contributed by atoms with Crippen LogP contribution in [0, 0.1) is 23.6 Å². The third-order valence-corrected chi connectivity index (χ3v) is 8.89. The Hall–Kier alpha value is -1.63. The highest BCUT2D eigenvalue weighted by atomic mass is 19.1. The smallest absolute Gasteiger partial charge is 0.134 e. The lowest BCUT2D eigenvalue weighted by Gasteiger charge is -2.38. The molecule has 1 heteroatoms. The van der Waals surface area contributed by atoms with Gasteiger partial charge in [-0.2, -0.15) is 0 Å². The molecule has 0 saturated heterocycles. The summed E-state index contributed by atoms with van der Waals surface area (Å²) in [5, 5.41) is 1.90. The molecule has 0 amide bonds. The molecule has 180 valence electrons. The number of aryl methyl sites for hydroxylation is 1. The van der Waals surface area contributed by atoms with E-state index in [9.17, 15) is 0 Å². The molecule has 0 bridgehead atoms. The zero-order chi connectivity index (χ0) is 23.0. The van der Waals surface area contributed by atoms with Gasteiger partial charge in [0.05, 0.1) is 0 Å². The van der Waals surface area contributed by atoms with Gasteiger partial charge in [0.15, 0.2) is 0 Å². The predicted octanol–water partition coefficient (Wildman–Crippen LogP) is 10.1. The fourth-order valence-electron chi connectivity index (χ4n) is 6.74. The van der Waals surface area contributed by atoms with E-state index in [4.69, 9.17) is 0 Å². The molecule has 2 aliphatic carbocycles. The molecule has 0 spiro atoms. The first kappa shape index (κ1) is 24.5. The second-order valence-electron chi connectivity index (χ2n) is 11.0. The van der Waals surface area contributed by atoms with E-state index >= 15 is 4.39 Å². The fourth-order valence-corrected chi connectivity index (χ4v) is 6.74. The van der Waals surface area contributed by atoms with Crippen molar-refractivity contribution >= 4 is 10.8 Å². The monoisotopic (exact) mass is 448 g/mol. The molecule has 2 aliphatic rings. The van der Waals surface area contributed by atoms with Gasteiger partial charge in [-0.05, 0) is 111 Å². The summed E-state index contributed by atoms with van der Waals surface area (Å²) in [5.74, 6) is 3.57. The number of hydrogen-bond donors (Lipinski definition) is 0. The van der Waals surface area contributed by atoms with Crippen molar-refractivity contribution in [3.05, 3.63) is 59.4 Å². The third-order valence-electron chi connectivity index (χ3n) is 8.89. The molecular formula is C32H45F. The summed E-state index contributed by atoms with van der Waals surface area (Å²) in [4.78, 5) is 0. The Morgan fingerprint density at radius 3 is 2.30 bits per heavy atom. The van der Waals surface area contributed by atoms with Crippen molar-refractivity contribution in [1.29, 1.82) is 0 Å². The van der Waals surface area contributed by atoms with Crippen LogP contribution >= 0.6 is 0 Å². The summed E-state index contributed by atoms with van der Waals surface area (Å²) in [7, 11) is 0. The van der Waals surface area contributed by atoms with Crippen LogP contribution in [0.25, 0.3) is 10.8 Å². The van der Waals surface area contributed by atoms with E-state index in [1.54, 1.807) is 0 Å². The van der Waals surface area contributed by atoms with Gasteiger partial charge in [-0.1, -0.05) is 75.1 Å². The van der Waals surface area contributed by atoms with Crippen LogP contribution in [0.15, 0.2) is 42.5 Å². The molecule has 0 radical (unpaired) electrons. The minimum Gasteiger partial charge on any atom is -0.206 e. The Kier molecular flexibility index (Phi) is 9.04. The van der Waals surface area contributed by atoms with Gasteiger partial charge in [-0.3, -0.25) is 0 Å². The van der Waals surface area contributed by atoms with Crippen molar-refractivity contribution in [2.75, 3.05) is 0 Å². The largest absolute Gasteiger partial charge is 0.206 e. The normalized spacial score (nSPS) is 26.3. The van der Waals surface area contributed by atoms with Crippen molar-refractivity contribution < 1.29 is 4.39 Å². The van der Waals surface area contributed by atoms with Crippen molar-refractivity contribution in [3.63, 3.8) is 0 Å². The second kappa shape index (κ2) is 12.2. The van der Waals surface area contributed by atoms with Gasteiger partial charge in [-0.25, -0.2) is 4.39 Å². The maximum absolute atomic E-state index is 15.0. The lowest BCUT2D eigenvalue weighted by Crippen LogP contribution is -2.25. The van der Waals surface area contributed by atoms with Gasteiger partial charge in [0, 0.05) is 5.39 Å². The average Bonchev–Trinajstić information content (AvgIpc) is 2.86. The number of unbranched alkanes of at least 4 members (excludes halogenated alkanes) is 2. The van der Waals surface area contributed by atoms with Crippen LogP contribution in [0.4, 0.5) is 4.39 Å². The van der Waals surface area contributed by atoms with Crippen LogP contribution in [0.5, 0.6) is 0 Å². The van der Waals surface area contributed by atoms with Crippen LogP contribution in [-0.4, -0.2) is 0 Å². The quantitative estimate of drug-likeness (QED) is 0.264. The first-order valence-corrected chi connectivity index (χ1v) is 14.0. The fraction of sp³-hybridized carbons (Fsp3) is 0.625. The summed E-state index contributed by atoms with van der Waals surface area (Å²) in [6.45, 7) is 4.33. The van der Waals surface area contributed by atoms with Crippen molar-refractivity contribution in [2.24, 2.45) is 17.8 Å². The lowest BCUT2D eigenvalue weighted by molar-refractivity contribution is 0.157. The number of benzene rings is 2. The van der Waals surface area contributed by atoms with Gasteiger partial charge in [0.1, 0.15) is 5.82 Å². The van der Waals surface area contributed by atoms with E-state index in [2.05, 4.69) is 50.3 Å². The highest BCUT2D eigenvalue weighted by Gasteiger charge is 2.31. The van der Waals surface area contributed by atoms with Crippen LogP contribution < -0.4 is 0 Å². The first-order valence-electron chi connectivity index (χ1n) is 14.0. The number of allylic oxidation sites excluding steroid dienone is 2. The molecule has 0 atom stereocenters. The minimum absolute atomic E-state index is 0.0141. The van der Waals surface area contributed by atoms with Crippen molar-refractivity contribution in [2.45, 2.75) is 110 Å². The first-order chi connectivity index (χ1) is 16.2. The molecule has 2 aromatic rings. The summed E-state index contributed by atoms with van der Waals surface area (Å²) >= 11 is 0. The molecule has 4 rings (SSSR count). The van der Waals surface area contributed by atoms with E-state index in [1.807, 2.05) is 6.07 Å². The second-order valence-corrected chi connectivity index (χ2v) is 11.0. The minimum atomic E-state index is 0.0141. The maximum Gasteiger partial charge on any atom is 0.134 e. The zero-order valence-corrected chi connectivity index (χ0v) is 21.1. The maximum atomic E-state index is 15.0. The average molecular weight is 449 g/mol. The highest BCUT2D eigenvalue weighted by Crippen LogP contribution is 2.45. The van der Waals surface area contributed by atoms with Gasteiger partial charge in [-0.15, -0.1) is 0 Å². The summed E-state index contributed by atoms with van der Waals surface area (Å²) < 4.78 is 15.0. The number of fused-ring (bicyclic) bond motifs is 1. The van der Waals surface area contributed by atoms with Crippen LogP contribution in [0.2, 0.25) is 0 Å². The Bertz CT molecular complexity index is 894. The van der Waals surface area contributed by atoms with Gasteiger partial charge < -0.3 is 0 Å². The van der Waals surface area contributed by atoms with E-state index in [-0.39, 0.29) is 5.82 Å². The molecule has 2 aromatic carbocycles. The molecule has 0 aliphatic heterocycles. The molecule has 0 unspecified atom stereocenters. The third kappa shape index (κ3) is 6.28. The molecule has 33 heavy (non-hydrogen) atoms. The Morgan fingerprint density at radius 2 is 1.61 bits per heavy atom. The van der Waals surface area contributed by atoms with Gasteiger partial charge in [0.2, 0.25) is 0 Å².